The highest BCUT2D eigenvalue weighted by molar-refractivity contribution is 5.22. The molecule has 0 radical (unpaired) electrons. The molecular weight excluding hydrogens is 232 g/mol. The molecule has 1 N–H and O–H groups in total. The maximum Gasteiger partial charge on any atom is 0.00224 e. The van der Waals surface area contributed by atoms with Gasteiger partial charge in [0.05, 0.1) is 0 Å². The van der Waals surface area contributed by atoms with E-state index in [-0.39, 0.29) is 0 Å². The fourth-order valence-electron chi connectivity index (χ4n) is 2.84. The molecule has 2 nitrogen and oxygen atoms in total. The van der Waals surface area contributed by atoms with Gasteiger partial charge in [-0.2, -0.15) is 0 Å². The molecule has 1 atom stereocenters. The van der Waals surface area contributed by atoms with Crippen molar-refractivity contribution >= 4 is 0 Å². The van der Waals surface area contributed by atoms with Crippen molar-refractivity contribution in [1.29, 1.82) is 0 Å². The van der Waals surface area contributed by atoms with Crippen molar-refractivity contribution in [1.82, 2.24) is 10.2 Å². The van der Waals surface area contributed by atoms with Crippen LogP contribution in [-0.4, -0.2) is 37.1 Å². The van der Waals surface area contributed by atoms with Crippen LogP contribution in [0.4, 0.5) is 0 Å². The van der Waals surface area contributed by atoms with Crippen molar-refractivity contribution in [2.75, 3.05) is 26.2 Å². The van der Waals surface area contributed by atoms with Crippen molar-refractivity contribution in [3.63, 3.8) is 0 Å². The monoisotopic (exact) mass is 260 g/mol. The molecule has 1 aromatic carbocycles. The zero-order valence-corrected chi connectivity index (χ0v) is 12.7. The molecule has 1 saturated heterocycles. The molecule has 0 saturated carbocycles. The highest BCUT2D eigenvalue weighted by Gasteiger charge is 2.21. The topological polar surface area (TPSA) is 15.3 Å². The molecule has 0 amide bonds. The maximum atomic E-state index is 3.56. The van der Waals surface area contributed by atoms with Crippen molar-refractivity contribution < 1.29 is 0 Å². The van der Waals surface area contributed by atoms with Gasteiger partial charge in [0.1, 0.15) is 0 Å². The second-order valence-corrected chi connectivity index (χ2v) is 6.26. The highest BCUT2D eigenvalue weighted by Crippen LogP contribution is 2.16. The number of nitrogens with zero attached hydrogens (tertiary/aromatic N) is 1. The fourth-order valence-corrected chi connectivity index (χ4v) is 2.84. The third kappa shape index (κ3) is 4.96. The van der Waals surface area contributed by atoms with E-state index in [0.29, 0.717) is 6.04 Å². The van der Waals surface area contributed by atoms with Gasteiger partial charge in [-0.25, -0.2) is 0 Å². The van der Waals surface area contributed by atoms with E-state index in [2.05, 4.69) is 55.3 Å². The van der Waals surface area contributed by atoms with Gasteiger partial charge < -0.3 is 10.2 Å². The van der Waals surface area contributed by atoms with Gasteiger partial charge in [-0.1, -0.05) is 43.7 Å². The van der Waals surface area contributed by atoms with Gasteiger partial charge in [-0.15, -0.1) is 0 Å². The summed E-state index contributed by atoms with van der Waals surface area (Å²) in [5.41, 5.74) is 2.85. The summed E-state index contributed by atoms with van der Waals surface area (Å²) < 4.78 is 0. The van der Waals surface area contributed by atoms with Gasteiger partial charge in [0, 0.05) is 19.1 Å². The molecular formula is C17H28N2. The molecule has 1 aromatic rings. The fraction of sp³-hybridized carbons (Fsp3) is 0.647. The summed E-state index contributed by atoms with van der Waals surface area (Å²) >= 11 is 0. The van der Waals surface area contributed by atoms with E-state index in [1.807, 2.05) is 0 Å². The molecule has 0 bridgehead atoms. The van der Waals surface area contributed by atoms with Crippen LogP contribution in [0.5, 0.6) is 0 Å². The van der Waals surface area contributed by atoms with E-state index in [9.17, 15) is 0 Å². The van der Waals surface area contributed by atoms with Crippen LogP contribution >= 0.6 is 0 Å². The van der Waals surface area contributed by atoms with Crippen LogP contribution in [0.25, 0.3) is 0 Å². The average molecular weight is 260 g/mol. The Morgan fingerprint density at radius 3 is 2.95 bits per heavy atom. The molecule has 1 aliphatic heterocycles. The second kappa shape index (κ2) is 7.06. The largest absolute Gasteiger partial charge is 0.314 e. The molecule has 19 heavy (non-hydrogen) atoms. The minimum atomic E-state index is 0.612. The van der Waals surface area contributed by atoms with Crippen LogP contribution in [0.1, 0.15) is 31.4 Å². The number of benzene rings is 1. The summed E-state index contributed by atoms with van der Waals surface area (Å²) in [6, 6.07) is 9.52. The van der Waals surface area contributed by atoms with Crippen LogP contribution in [0.3, 0.4) is 0 Å². The molecule has 1 aliphatic rings. The average Bonchev–Trinajstić information content (AvgIpc) is 2.82. The molecule has 2 rings (SSSR count). The van der Waals surface area contributed by atoms with E-state index >= 15 is 0 Å². The zero-order valence-electron chi connectivity index (χ0n) is 12.7. The van der Waals surface area contributed by atoms with E-state index in [0.717, 1.165) is 5.92 Å². The molecule has 0 aromatic heterocycles. The minimum absolute atomic E-state index is 0.612. The third-order valence-electron chi connectivity index (χ3n) is 3.98. The predicted molar refractivity (Wildman–Crippen MR) is 82.6 cm³/mol. The van der Waals surface area contributed by atoms with Crippen LogP contribution in [0.15, 0.2) is 24.3 Å². The predicted octanol–water partition coefficient (Wildman–Crippen LogP) is 2.86. The molecule has 1 heterocycles. The van der Waals surface area contributed by atoms with Gasteiger partial charge >= 0.3 is 0 Å². The van der Waals surface area contributed by atoms with Crippen molar-refractivity contribution in [3.8, 4) is 0 Å². The number of hydrogen-bond acceptors (Lipinski definition) is 2. The smallest absolute Gasteiger partial charge is 0.00224 e. The Hall–Kier alpha value is -0.860. The summed E-state index contributed by atoms with van der Waals surface area (Å²) in [4.78, 5) is 2.62. The van der Waals surface area contributed by atoms with Crippen molar-refractivity contribution in [2.24, 2.45) is 5.92 Å². The highest BCUT2D eigenvalue weighted by atomic mass is 15.1. The number of nitrogens with one attached hydrogen (secondary N) is 1. The lowest BCUT2D eigenvalue weighted by atomic mass is 10.1. The molecule has 1 fully saturated rings. The van der Waals surface area contributed by atoms with E-state index in [1.165, 1.54) is 50.1 Å². The quantitative estimate of drug-likeness (QED) is 0.846. The summed E-state index contributed by atoms with van der Waals surface area (Å²) in [5, 5.41) is 3.56. The Balaban J connectivity index is 1.70. The van der Waals surface area contributed by atoms with Crippen molar-refractivity contribution in [3.05, 3.63) is 35.4 Å². The van der Waals surface area contributed by atoms with Crippen LogP contribution in [-0.2, 0) is 6.42 Å². The first-order chi connectivity index (χ1) is 9.13. The SMILES string of the molecule is Cc1cccc(CCN2CCC(CNC(C)C)C2)c1. The molecule has 0 spiro atoms. The summed E-state index contributed by atoms with van der Waals surface area (Å²) in [7, 11) is 0. The van der Waals surface area contributed by atoms with Crippen LogP contribution in [0, 0.1) is 12.8 Å². The number of aryl methyl sites for hydroxylation is 1. The van der Waals surface area contributed by atoms with E-state index in [1.54, 1.807) is 0 Å². The Bertz CT molecular complexity index is 387. The Morgan fingerprint density at radius 1 is 1.37 bits per heavy atom. The van der Waals surface area contributed by atoms with E-state index in [4.69, 9.17) is 0 Å². The van der Waals surface area contributed by atoms with Gasteiger partial charge in [0.2, 0.25) is 0 Å². The van der Waals surface area contributed by atoms with Crippen molar-refractivity contribution in [2.45, 2.75) is 39.7 Å². The summed E-state index contributed by atoms with van der Waals surface area (Å²) in [5.74, 6) is 0.847. The molecule has 1 unspecified atom stereocenters. The number of rotatable bonds is 6. The van der Waals surface area contributed by atoms with Gasteiger partial charge in [0.25, 0.3) is 0 Å². The van der Waals surface area contributed by atoms with Gasteiger partial charge in [-0.05, 0) is 44.3 Å². The third-order valence-corrected chi connectivity index (χ3v) is 3.98. The lowest BCUT2D eigenvalue weighted by molar-refractivity contribution is 0.324. The Labute approximate surface area is 118 Å². The number of hydrogen-bond donors (Lipinski definition) is 1. The van der Waals surface area contributed by atoms with Gasteiger partial charge in [-0.3, -0.25) is 0 Å². The molecule has 106 valence electrons. The first-order valence-electron chi connectivity index (χ1n) is 7.65. The first kappa shape index (κ1) is 14.5. The molecule has 0 aliphatic carbocycles. The normalized spacial score (nSPS) is 20.3. The zero-order chi connectivity index (χ0) is 13.7. The van der Waals surface area contributed by atoms with Gasteiger partial charge in [0.15, 0.2) is 0 Å². The Kier molecular flexibility index (Phi) is 5.41. The van der Waals surface area contributed by atoms with Crippen LogP contribution in [0.2, 0.25) is 0 Å². The number of likely N-dealkylation sites (tertiary alicyclic amines) is 1. The van der Waals surface area contributed by atoms with Crippen LogP contribution < -0.4 is 5.32 Å². The first-order valence-corrected chi connectivity index (χ1v) is 7.65. The Morgan fingerprint density at radius 2 is 2.21 bits per heavy atom. The summed E-state index contributed by atoms with van der Waals surface area (Å²) in [6.07, 6.45) is 2.54. The standard InChI is InChI=1S/C17H28N2/c1-14(2)18-12-17-8-10-19(13-17)9-7-16-6-4-5-15(3)11-16/h4-6,11,14,17-18H,7-10,12-13H2,1-3H3. The lowest BCUT2D eigenvalue weighted by Gasteiger charge is -2.17. The van der Waals surface area contributed by atoms with E-state index < -0.39 is 0 Å². The maximum absolute atomic E-state index is 3.56. The minimum Gasteiger partial charge on any atom is -0.314 e. The lowest BCUT2D eigenvalue weighted by Crippen LogP contribution is -2.31. The molecule has 2 heteroatoms. The second-order valence-electron chi connectivity index (χ2n) is 6.26. The summed E-state index contributed by atoms with van der Waals surface area (Å²) in [6.45, 7) is 11.6.